The van der Waals surface area contributed by atoms with Crippen molar-refractivity contribution >= 4 is 0 Å². The van der Waals surface area contributed by atoms with Crippen LogP contribution >= 0.6 is 0 Å². The molecule has 0 saturated carbocycles. The zero-order valence-electron chi connectivity index (χ0n) is 8.19. The van der Waals surface area contributed by atoms with Crippen LogP contribution in [0.3, 0.4) is 0 Å². The Morgan fingerprint density at radius 3 is 2.86 bits per heavy atom. The van der Waals surface area contributed by atoms with Gasteiger partial charge in [0.05, 0.1) is 0 Å². The summed E-state index contributed by atoms with van der Waals surface area (Å²) in [6.07, 6.45) is 1.29. The molecule has 14 heavy (non-hydrogen) atoms. The third-order valence-corrected chi connectivity index (χ3v) is 1.35. The molecule has 1 aromatic heterocycles. The minimum absolute atomic E-state index is 0.282. The van der Waals surface area contributed by atoms with E-state index in [1.165, 1.54) is 12.4 Å². The molecule has 5 nitrogen and oxygen atoms in total. The largest absolute Gasteiger partial charge is 0.476 e. The number of rotatable bonds is 3. The van der Waals surface area contributed by atoms with Gasteiger partial charge in [-0.2, -0.15) is 5.26 Å². The van der Waals surface area contributed by atoms with Crippen LogP contribution in [0.5, 0.6) is 5.88 Å². The summed E-state index contributed by atoms with van der Waals surface area (Å²) in [6.45, 7) is 4.04. The number of nitrogens with zero attached hydrogens (tertiary/aromatic N) is 3. The van der Waals surface area contributed by atoms with E-state index < -0.39 is 5.54 Å². The number of hydrogen-bond donors (Lipinski definition) is 1. The van der Waals surface area contributed by atoms with E-state index in [4.69, 9.17) is 15.7 Å². The van der Waals surface area contributed by atoms with Gasteiger partial charge in [0.25, 0.3) is 0 Å². The second kappa shape index (κ2) is 4.03. The first-order valence-electron chi connectivity index (χ1n) is 4.15. The molecule has 2 N–H and O–H groups in total. The topological polar surface area (TPSA) is 84.8 Å². The quantitative estimate of drug-likeness (QED) is 0.752. The van der Waals surface area contributed by atoms with Gasteiger partial charge in [0.15, 0.2) is 0 Å². The third-order valence-electron chi connectivity index (χ3n) is 1.35. The summed E-state index contributed by atoms with van der Waals surface area (Å²) in [6, 6.07) is 3.38. The molecule has 0 bridgehead atoms. The van der Waals surface area contributed by atoms with Gasteiger partial charge in [-0.15, -0.1) is 0 Å². The summed E-state index contributed by atoms with van der Waals surface area (Å²) in [5, 5.41) is 8.57. The van der Waals surface area contributed by atoms with E-state index in [9.17, 15) is 0 Å². The molecular weight excluding hydrogens is 180 g/mol. The molecule has 0 aromatic carbocycles. The molecule has 74 valence electrons. The van der Waals surface area contributed by atoms with Crippen molar-refractivity contribution in [3.05, 3.63) is 18.1 Å². The predicted molar refractivity (Wildman–Crippen MR) is 50.5 cm³/mol. The van der Waals surface area contributed by atoms with Crippen LogP contribution in [0.4, 0.5) is 0 Å². The second-order valence-corrected chi connectivity index (χ2v) is 3.63. The number of aromatic nitrogens is 2. The summed E-state index contributed by atoms with van der Waals surface area (Å²) >= 11 is 0. The number of nitriles is 1. The Bertz CT molecular complexity index is 351. The first-order valence-corrected chi connectivity index (χ1v) is 4.15. The molecule has 0 spiro atoms. The van der Waals surface area contributed by atoms with E-state index in [0.29, 0.717) is 12.5 Å². The minimum atomic E-state index is -0.419. The van der Waals surface area contributed by atoms with Crippen molar-refractivity contribution in [1.82, 2.24) is 9.97 Å². The smallest absolute Gasteiger partial charge is 0.217 e. The Labute approximate surface area is 82.5 Å². The van der Waals surface area contributed by atoms with Gasteiger partial charge in [-0.1, -0.05) is 0 Å². The van der Waals surface area contributed by atoms with Crippen molar-refractivity contribution in [3.63, 3.8) is 0 Å². The van der Waals surface area contributed by atoms with Crippen LogP contribution in [-0.2, 0) is 0 Å². The molecule has 0 atom stereocenters. The fraction of sp³-hybridized carbons (Fsp3) is 0.444. The normalized spacial score (nSPS) is 10.7. The summed E-state index contributed by atoms with van der Waals surface area (Å²) in [5.74, 6) is 0.370. The second-order valence-electron chi connectivity index (χ2n) is 3.63. The monoisotopic (exact) mass is 192 g/mol. The van der Waals surface area contributed by atoms with Crippen molar-refractivity contribution in [2.45, 2.75) is 19.4 Å². The highest BCUT2D eigenvalue weighted by Gasteiger charge is 2.11. The first-order chi connectivity index (χ1) is 6.51. The maximum Gasteiger partial charge on any atom is 0.217 e. The number of ether oxygens (including phenoxy) is 1. The van der Waals surface area contributed by atoms with E-state index in [0.717, 1.165) is 0 Å². The average Bonchev–Trinajstić information content (AvgIpc) is 2.14. The molecule has 0 unspecified atom stereocenters. The molecule has 1 rings (SSSR count). The molecule has 5 heteroatoms. The lowest BCUT2D eigenvalue weighted by Gasteiger charge is -2.18. The molecule has 1 heterocycles. The third kappa shape index (κ3) is 3.37. The van der Waals surface area contributed by atoms with Crippen LogP contribution < -0.4 is 10.5 Å². The lowest BCUT2D eigenvalue weighted by Crippen LogP contribution is -2.38. The summed E-state index contributed by atoms with van der Waals surface area (Å²) in [5.41, 5.74) is 5.58. The lowest BCUT2D eigenvalue weighted by molar-refractivity contribution is 0.234. The van der Waals surface area contributed by atoms with Gasteiger partial charge in [-0.25, -0.2) is 9.97 Å². The lowest BCUT2D eigenvalue weighted by atomic mass is 10.1. The van der Waals surface area contributed by atoms with Crippen molar-refractivity contribution in [2.75, 3.05) is 6.61 Å². The van der Waals surface area contributed by atoms with E-state index in [-0.39, 0.29) is 5.69 Å². The van der Waals surface area contributed by atoms with E-state index in [2.05, 4.69) is 9.97 Å². The van der Waals surface area contributed by atoms with Crippen LogP contribution in [0.1, 0.15) is 19.5 Å². The number of nitrogens with two attached hydrogens (primary N) is 1. The summed E-state index contributed by atoms with van der Waals surface area (Å²) in [4.78, 5) is 7.57. The maximum atomic E-state index is 8.57. The van der Waals surface area contributed by atoms with Crippen molar-refractivity contribution in [2.24, 2.45) is 5.73 Å². The molecule has 0 aliphatic heterocycles. The van der Waals surface area contributed by atoms with Gasteiger partial charge in [0.2, 0.25) is 5.88 Å². The van der Waals surface area contributed by atoms with Crippen molar-refractivity contribution < 1.29 is 4.74 Å². The van der Waals surface area contributed by atoms with Crippen LogP contribution in [0.2, 0.25) is 0 Å². The van der Waals surface area contributed by atoms with Crippen molar-refractivity contribution in [1.29, 1.82) is 5.26 Å². The van der Waals surface area contributed by atoms with Gasteiger partial charge in [0.1, 0.15) is 24.7 Å². The summed E-state index contributed by atoms with van der Waals surface area (Å²) < 4.78 is 5.29. The van der Waals surface area contributed by atoms with E-state index >= 15 is 0 Å². The SMILES string of the molecule is CC(C)(N)COc1cc(C#N)ncn1. The fourth-order valence-electron chi connectivity index (χ4n) is 0.739. The molecule has 0 aliphatic rings. The Kier molecular flexibility index (Phi) is 2.99. The Morgan fingerprint density at radius 2 is 2.29 bits per heavy atom. The highest BCUT2D eigenvalue weighted by molar-refractivity contribution is 5.24. The molecule has 0 amide bonds. The molecule has 0 aliphatic carbocycles. The van der Waals surface area contributed by atoms with Crippen LogP contribution in [0, 0.1) is 11.3 Å². The van der Waals surface area contributed by atoms with Gasteiger partial charge >= 0.3 is 0 Å². The van der Waals surface area contributed by atoms with Crippen molar-refractivity contribution in [3.8, 4) is 11.9 Å². The van der Waals surface area contributed by atoms with E-state index in [1.807, 2.05) is 19.9 Å². The molecule has 0 radical (unpaired) electrons. The standard InChI is InChI=1S/C9H12N4O/c1-9(2,11)5-14-8-3-7(4-10)12-6-13-8/h3,6H,5,11H2,1-2H3. The van der Waals surface area contributed by atoms with Gasteiger partial charge in [-0.3, -0.25) is 0 Å². The maximum absolute atomic E-state index is 8.57. The van der Waals surface area contributed by atoms with Crippen LogP contribution in [0.25, 0.3) is 0 Å². The fourth-order valence-corrected chi connectivity index (χ4v) is 0.739. The number of hydrogen-bond acceptors (Lipinski definition) is 5. The molecule has 0 saturated heterocycles. The summed E-state index contributed by atoms with van der Waals surface area (Å²) in [7, 11) is 0. The Balaban J connectivity index is 2.65. The van der Waals surface area contributed by atoms with Gasteiger partial charge in [-0.05, 0) is 13.8 Å². The Hall–Kier alpha value is -1.67. The average molecular weight is 192 g/mol. The first kappa shape index (κ1) is 10.4. The highest BCUT2D eigenvalue weighted by Crippen LogP contribution is 2.08. The highest BCUT2D eigenvalue weighted by atomic mass is 16.5. The van der Waals surface area contributed by atoms with Crippen LogP contribution in [-0.4, -0.2) is 22.1 Å². The zero-order valence-corrected chi connectivity index (χ0v) is 8.19. The Morgan fingerprint density at radius 1 is 1.57 bits per heavy atom. The molecule has 0 fully saturated rings. The zero-order chi connectivity index (χ0) is 10.6. The predicted octanol–water partition coefficient (Wildman–Crippen LogP) is 0.464. The van der Waals surface area contributed by atoms with Gasteiger partial charge < -0.3 is 10.5 Å². The molecular formula is C9H12N4O. The van der Waals surface area contributed by atoms with Crippen LogP contribution in [0.15, 0.2) is 12.4 Å². The minimum Gasteiger partial charge on any atom is -0.476 e. The molecule has 1 aromatic rings. The van der Waals surface area contributed by atoms with Gasteiger partial charge in [0, 0.05) is 11.6 Å². The van der Waals surface area contributed by atoms with E-state index in [1.54, 1.807) is 0 Å².